The van der Waals surface area contributed by atoms with Crippen molar-refractivity contribution < 1.29 is 31.1 Å². The number of sulfonamides is 1. The number of nitrogens with two attached hydrogens (primary N) is 1. The van der Waals surface area contributed by atoms with Crippen molar-refractivity contribution in [2.45, 2.75) is 18.0 Å². The van der Waals surface area contributed by atoms with Crippen LogP contribution in [0.5, 0.6) is 11.5 Å². The molecule has 0 fully saturated rings. The number of methoxy groups -OCH3 is 2. The Kier molecular flexibility index (Phi) is 6.17. The molecule has 0 unspecified atom stereocenters. The highest BCUT2D eigenvalue weighted by Gasteiger charge is 2.37. The molecule has 12 heteroatoms. The molecule has 0 aliphatic rings. The van der Waals surface area contributed by atoms with Crippen molar-refractivity contribution in [3.05, 3.63) is 53.9 Å². The highest BCUT2D eigenvalue weighted by atomic mass is 32.2. The summed E-state index contributed by atoms with van der Waals surface area (Å²) in [5, 5.41) is 0. The molecule has 0 aliphatic heterocycles. The van der Waals surface area contributed by atoms with Crippen LogP contribution in [0.1, 0.15) is 11.3 Å². The number of ether oxygens (including phenoxy) is 2. The van der Waals surface area contributed by atoms with Gasteiger partial charge in [0.15, 0.2) is 11.5 Å². The molecular weight excluding hydrogens is 449 g/mol. The summed E-state index contributed by atoms with van der Waals surface area (Å²) in [5.41, 5.74) is 5.11. The normalized spacial score (nSPS) is 11.8. The molecule has 0 aliphatic carbocycles. The quantitative estimate of drug-likeness (QED) is 0.564. The maximum absolute atomic E-state index is 13.6. The third kappa shape index (κ3) is 4.69. The molecule has 0 bridgehead atoms. The molecule has 0 radical (unpaired) electrons. The van der Waals surface area contributed by atoms with Gasteiger partial charge in [0, 0.05) is 17.8 Å². The summed E-state index contributed by atoms with van der Waals surface area (Å²) >= 11 is 0. The molecule has 1 aromatic heterocycles. The van der Waals surface area contributed by atoms with Crippen molar-refractivity contribution in [2.24, 2.45) is 0 Å². The fourth-order valence-corrected chi connectivity index (χ4v) is 4.33. The number of hydrogen-bond donors (Lipinski definition) is 2. The predicted octanol–water partition coefficient (Wildman–Crippen LogP) is 3.87. The minimum atomic E-state index is -4.91. The van der Waals surface area contributed by atoms with Crippen LogP contribution in [0.25, 0.3) is 11.1 Å². The van der Waals surface area contributed by atoms with Crippen LogP contribution in [0.3, 0.4) is 0 Å². The molecule has 0 amide bonds. The number of nitrogens with one attached hydrogen (secondary N) is 1. The molecule has 3 aromatic rings. The van der Waals surface area contributed by atoms with Crippen LogP contribution < -0.4 is 19.9 Å². The molecule has 32 heavy (non-hydrogen) atoms. The topological polar surface area (TPSA) is 116 Å². The maximum atomic E-state index is 13.6. The molecule has 0 saturated carbocycles. The number of nitrogen functional groups attached to an aromatic ring is 1. The van der Waals surface area contributed by atoms with E-state index in [1.54, 1.807) is 6.92 Å². The summed E-state index contributed by atoms with van der Waals surface area (Å²) in [7, 11) is -1.91. The van der Waals surface area contributed by atoms with Gasteiger partial charge in [-0.1, -0.05) is 6.07 Å². The molecular formula is C20H19F3N4O4S. The first-order chi connectivity index (χ1) is 15.0. The second-order valence-corrected chi connectivity index (χ2v) is 8.26. The van der Waals surface area contributed by atoms with Gasteiger partial charge in [0.25, 0.3) is 10.0 Å². The van der Waals surface area contributed by atoms with Gasteiger partial charge in [0.05, 0.1) is 31.2 Å². The van der Waals surface area contributed by atoms with Gasteiger partial charge in [-0.25, -0.2) is 18.4 Å². The Hall–Kier alpha value is -3.54. The van der Waals surface area contributed by atoms with Crippen LogP contribution in [0.15, 0.2) is 47.5 Å². The number of benzene rings is 2. The Morgan fingerprint density at radius 1 is 1.03 bits per heavy atom. The number of halogens is 3. The lowest BCUT2D eigenvalue weighted by atomic mass is 10.0. The van der Waals surface area contributed by atoms with Gasteiger partial charge in [-0.3, -0.25) is 4.72 Å². The van der Waals surface area contributed by atoms with E-state index in [1.165, 1.54) is 38.6 Å². The van der Waals surface area contributed by atoms with Crippen molar-refractivity contribution in [1.29, 1.82) is 0 Å². The minimum Gasteiger partial charge on any atom is -0.493 e. The zero-order valence-corrected chi connectivity index (χ0v) is 18.0. The second kappa shape index (κ2) is 8.54. The van der Waals surface area contributed by atoms with Crippen molar-refractivity contribution in [3.8, 4) is 22.6 Å². The number of aryl methyl sites for hydroxylation is 1. The number of hydrogen-bond acceptors (Lipinski definition) is 7. The first kappa shape index (κ1) is 23.1. The summed E-state index contributed by atoms with van der Waals surface area (Å²) in [4.78, 5) is 6.86. The second-order valence-electron chi connectivity index (χ2n) is 6.61. The maximum Gasteiger partial charge on any atom is 0.417 e. The highest BCUT2D eigenvalue weighted by molar-refractivity contribution is 7.92. The van der Waals surface area contributed by atoms with Crippen molar-refractivity contribution in [2.75, 3.05) is 24.7 Å². The van der Waals surface area contributed by atoms with E-state index >= 15 is 0 Å². The number of nitrogens with zero attached hydrogens (tertiary/aromatic N) is 2. The van der Waals surface area contributed by atoms with Crippen LogP contribution >= 0.6 is 0 Å². The largest absolute Gasteiger partial charge is 0.493 e. The standard InChI is InChI=1S/C20H19F3N4O4S/c1-11-14(10-25-19(24)26-11)12-4-6-15(20(21,22)23)18(8-12)32(28,29)27-13-5-7-16(30-2)17(9-13)31-3/h4-10,27H,1-3H3,(H2,24,25,26). The summed E-state index contributed by atoms with van der Waals surface area (Å²) < 4.78 is 79.3. The molecule has 0 atom stereocenters. The molecule has 1 heterocycles. The summed E-state index contributed by atoms with van der Waals surface area (Å²) in [5.74, 6) is 0.514. The van der Waals surface area contributed by atoms with E-state index in [-0.39, 0.29) is 22.9 Å². The van der Waals surface area contributed by atoms with Crippen LogP contribution in [-0.2, 0) is 16.2 Å². The van der Waals surface area contributed by atoms with Crippen molar-refractivity contribution in [1.82, 2.24) is 9.97 Å². The number of aromatic nitrogens is 2. The number of alkyl halides is 3. The summed E-state index contributed by atoms with van der Waals surface area (Å²) in [6.07, 6.45) is -3.59. The lowest BCUT2D eigenvalue weighted by molar-refractivity contribution is -0.139. The third-order valence-corrected chi connectivity index (χ3v) is 5.94. The van der Waals surface area contributed by atoms with Gasteiger partial charge < -0.3 is 15.2 Å². The predicted molar refractivity (Wildman–Crippen MR) is 112 cm³/mol. The molecule has 8 nitrogen and oxygen atoms in total. The SMILES string of the molecule is COc1ccc(NS(=O)(=O)c2cc(-c3cnc(N)nc3C)ccc2C(F)(F)F)cc1OC. The monoisotopic (exact) mass is 468 g/mol. The van der Waals surface area contributed by atoms with Gasteiger partial charge in [-0.2, -0.15) is 13.2 Å². The number of anilines is 2. The van der Waals surface area contributed by atoms with Crippen molar-refractivity contribution >= 4 is 21.7 Å². The zero-order chi connectivity index (χ0) is 23.7. The Bertz CT molecular complexity index is 1260. The van der Waals surface area contributed by atoms with Gasteiger partial charge >= 0.3 is 6.18 Å². The van der Waals surface area contributed by atoms with Gasteiger partial charge in [0.2, 0.25) is 5.95 Å². The molecule has 170 valence electrons. The average molecular weight is 468 g/mol. The molecule has 2 aromatic carbocycles. The molecule has 0 spiro atoms. The Balaban J connectivity index is 2.13. The van der Waals surface area contributed by atoms with Crippen LogP contribution in [0.4, 0.5) is 24.8 Å². The molecule has 3 rings (SSSR count). The van der Waals surface area contributed by atoms with Crippen LogP contribution in [0.2, 0.25) is 0 Å². The van der Waals surface area contributed by atoms with Crippen LogP contribution in [0, 0.1) is 6.92 Å². The lowest BCUT2D eigenvalue weighted by Crippen LogP contribution is -2.19. The lowest BCUT2D eigenvalue weighted by Gasteiger charge is -2.17. The number of rotatable bonds is 6. The molecule has 3 N–H and O–H groups in total. The summed E-state index contributed by atoms with van der Waals surface area (Å²) in [6, 6.07) is 6.84. The van der Waals surface area contributed by atoms with E-state index < -0.39 is 26.7 Å². The zero-order valence-electron chi connectivity index (χ0n) is 17.2. The van der Waals surface area contributed by atoms with E-state index in [4.69, 9.17) is 15.2 Å². The van der Waals surface area contributed by atoms with E-state index in [1.807, 2.05) is 0 Å². The Labute approximate surface area is 182 Å². The highest BCUT2D eigenvalue weighted by Crippen LogP contribution is 2.38. The molecule has 0 saturated heterocycles. The first-order valence-corrected chi connectivity index (χ1v) is 10.5. The Morgan fingerprint density at radius 2 is 1.72 bits per heavy atom. The van der Waals surface area contributed by atoms with Crippen LogP contribution in [-0.4, -0.2) is 32.6 Å². The Morgan fingerprint density at radius 3 is 2.31 bits per heavy atom. The average Bonchev–Trinajstić information content (AvgIpc) is 2.72. The van der Waals surface area contributed by atoms with Gasteiger partial charge in [-0.05, 0) is 36.8 Å². The smallest absolute Gasteiger partial charge is 0.417 e. The van der Waals surface area contributed by atoms with Crippen molar-refractivity contribution in [3.63, 3.8) is 0 Å². The van der Waals surface area contributed by atoms with E-state index in [0.29, 0.717) is 23.1 Å². The minimum absolute atomic E-state index is 0.00632. The first-order valence-electron chi connectivity index (χ1n) is 9.02. The van der Waals surface area contributed by atoms with Gasteiger partial charge in [-0.15, -0.1) is 0 Å². The third-order valence-electron chi connectivity index (χ3n) is 4.52. The fraction of sp³-hybridized carbons (Fsp3) is 0.200. The van der Waals surface area contributed by atoms with Gasteiger partial charge in [0.1, 0.15) is 4.90 Å². The van der Waals surface area contributed by atoms with E-state index in [0.717, 1.165) is 12.1 Å². The fourth-order valence-electron chi connectivity index (χ4n) is 3.02. The van der Waals surface area contributed by atoms with E-state index in [9.17, 15) is 21.6 Å². The van der Waals surface area contributed by atoms with E-state index in [2.05, 4.69) is 14.7 Å². The summed E-state index contributed by atoms with van der Waals surface area (Å²) in [6.45, 7) is 1.58.